The number of aromatic hydroxyl groups is 1. The highest BCUT2D eigenvalue weighted by atomic mass is 35.5. The maximum atomic E-state index is 13.1. The van der Waals surface area contributed by atoms with E-state index in [1.54, 1.807) is 54.6 Å². The summed E-state index contributed by atoms with van der Waals surface area (Å²) in [5, 5.41) is 15.1. The van der Waals surface area contributed by atoms with Crippen molar-refractivity contribution in [2.75, 3.05) is 13.9 Å². The van der Waals surface area contributed by atoms with Crippen LogP contribution in [0.1, 0.15) is 29.0 Å². The number of methoxy groups -OCH3 is 1. The lowest BCUT2D eigenvalue weighted by atomic mass is 9.87. The highest BCUT2D eigenvalue weighted by molar-refractivity contribution is 6.42. The molecule has 5 rings (SSSR count). The first kappa shape index (κ1) is 24.8. The Morgan fingerprint density at radius 3 is 2.70 bits per heavy atom. The largest absolute Gasteiger partial charge is 0.507 e. The minimum atomic E-state index is -0.891. The van der Waals surface area contributed by atoms with Gasteiger partial charge in [-0.1, -0.05) is 41.4 Å². The number of hydrogen-bond donors (Lipinski definition) is 2. The molecule has 2 N–H and O–H groups in total. The average Bonchev–Trinajstić information content (AvgIpc) is 3.37. The van der Waals surface area contributed by atoms with E-state index in [0.717, 1.165) is 5.56 Å². The molecule has 1 aromatic heterocycles. The van der Waals surface area contributed by atoms with E-state index in [2.05, 4.69) is 5.32 Å². The lowest BCUT2D eigenvalue weighted by molar-refractivity contribution is -0.121. The first-order chi connectivity index (χ1) is 17.9. The summed E-state index contributed by atoms with van der Waals surface area (Å²) in [6.45, 7) is 0.193. The molecule has 2 heterocycles. The van der Waals surface area contributed by atoms with Gasteiger partial charge in [-0.05, 0) is 47.5 Å². The van der Waals surface area contributed by atoms with Gasteiger partial charge in [-0.2, -0.15) is 0 Å². The molecule has 0 aliphatic carbocycles. The molecule has 37 heavy (non-hydrogen) atoms. The van der Waals surface area contributed by atoms with Crippen LogP contribution in [0.2, 0.25) is 10.0 Å². The fourth-order valence-corrected chi connectivity index (χ4v) is 4.62. The van der Waals surface area contributed by atoms with Crippen molar-refractivity contribution in [3.8, 4) is 23.0 Å². The molecule has 8 nitrogen and oxygen atoms in total. The van der Waals surface area contributed by atoms with Gasteiger partial charge < -0.3 is 29.1 Å². The van der Waals surface area contributed by atoms with Crippen LogP contribution in [0, 0.1) is 0 Å². The Kier molecular flexibility index (Phi) is 6.86. The Hall–Kier alpha value is -3.88. The van der Waals surface area contributed by atoms with Gasteiger partial charge in [-0.15, -0.1) is 0 Å². The lowest BCUT2D eigenvalue weighted by Crippen LogP contribution is -2.26. The Morgan fingerprint density at radius 1 is 1.11 bits per heavy atom. The van der Waals surface area contributed by atoms with E-state index in [1.807, 2.05) is 0 Å². The highest BCUT2D eigenvalue weighted by Gasteiger charge is 2.30. The topological polar surface area (TPSA) is 107 Å². The van der Waals surface area contributed by atoms with Crippen LogP contribution in [0.5, 0.6) is 23.0 Å². The smallest absolute Gasteiger partial charge is 0.343 e. The number of amides is 1. The number of carbonyl (C=O) groups excluding carboxylic acids is 1. The summed E-state index contributed by atoms with van der Waals surface area (Å²) in [5.74, 6) is -0.330. The van der Waals surface area contributed by atoms with Gasteiger partial charge >= 0.3 is 5.63 Å². The van der Waals surface area contributed by atoms with Gasteiger partial charge in [0, 0.05) is 18.9 Å². The van der Waals surface area contributed by atoms with Gasteiger partial charge in [0.1, 0.15) is 11.3 Å². The predicted octanol–water partition coefficient (Wildman–Crippen LogP) is 5.38. The van der Waals surface area contributed by atoms with Crippen molar-refractivity contribution in [2.24, 2.45) is 0 Å². The van der Waals surface area contributed by atoms with Crippen LogP contribution >= 0.6 is 23.2 Å². The van der Waals surface area contributed by atoms with Crippen LogP contribution in [0.15, 0.2) is 63.8 Å². The van der Waals surface area contributed by atoms with Crippen molar-refractivity contribution in [1.29, 1.82) is 0 Å². The zero-order chi connectivity index (χ0) is 26.1. The van der Waals surface area contributed by atoms with E-state index in [1.165, 1.54) is 7.11 Å². The molecule has 0 spiro atoms. The Labute approximate surface area is 221 Å². The van der Waals surface area contributed by atoms with Crippen LogP contribution in [0.4, 0.5) is 0 Å². The molecule has 1 amide bonds. The summed E-state index contributed by atoms with van der Waals surface area (Å²) in [4.78, 5) is 26.2. The highest BCUT2D eigenvalue weighted by Crippen LogP contribution is 2.46. The number of para-hydroxylation sites is 1. The van der Waals surface area contributed by atoms with Gasteiger partial charge in [-0.25, -0.2) is 4.79 Å². The fourth-order valence-electron chi connectivity index (χ4n) is 4.30. The molecule has 3 aromatic carbocycles. The summed E-state index contributed by atoms with van der Waals surface area (Å²) in [6.07, 6.45) is -0.180. The minimum Gasteiger partial charge on any atom is -0.507 e. The average molecular weight is 542 g/mol. The molecule has 0 saturated heterocycles. The third-order valence-electron chi connectivity index (χ3n) is 6.11. The van der Waals surface area contributed by atoms with Crippen molar-refractivity contribution in [1.82, 2.24) is 5.32 Å². The van der Waals surface area contributed by atoms with E-state index < -0.39 is 11.5 Å². The van der Waals surface area contributed by atoms with Crippen LogP contribution in [-0.4, -0.2) is 24.9 Å². The van der Waals surface area contributed by atoms with Crippen LogP contribution in [0.3, 0.4) is 0 Å². The summed E-state index contributed by atoms with van der Waals surface area (Å²) >= 11 is 12.1. The molecule has 0 saturated carbocycles. The molecule has 1 aliphatic rings. The second kappa shape index (κ2) is 10.2. The normalized spacial score (nSPS) is 12.9. The van der Waals surface area contributed by atoms with Gasteiger partial charge in [-0.3, -0.25) is 4.79 Å². The zero-order valence-electron chi connectivity index (χ0n) is 19.5. The van der Waals surface area contributed by atoms with Gasteiger partial charge in [0.15, 0.2) is 11.5 Å². The zero-order valence-corrected chi connectivity index (χ0v) is 21.1. The predicted molar refractivity (Wildman–Crippen MR) is 138 cm³/mol. The molecule has 1 atom stereocenters. The van der Waals surface area contributed by atoms with Crippen molar-refractivity contribution < 1.29 is 28.5 Å². The van der Waals surface area contributed by atoms with Crippen molar-refractivity contribution >= 4 is 40.1 Å². The summed E-state index contributed by atoms with van der Waals surface area (Å²) < 4.78 is 22.0. The van der Waals surface area contributed by atoms with E-state index >= 15 is 0 Å². The third-order valence-corrected chi connectivity index (χ3v) is 6.85. The molecule has 0 unspecified atom stereocenters. The summed E-state index contributed by atoms with van der Waals surface area (Å²) in [7, 11) is 1.47. The van der Waals surface area contributed by atoms with E-state index in [4.69, 9.17) is 41.8 Å². The van der Waals surface area contributed by atoms with Crippen LogP contribution in [-0.2, 0) is 11.3 Å². The van der Waals surface area contributed by atoms with E-state index in [-0.39, 0.29) is 42.6 Å². The maximum absolute atomic E-state index is 13.1. The quantitative estimate of drug-likeness (QED) is 0.302. The Morgan fingerprint density at radius 2 is 1.92 bits per heavy atom. The van der Waals surface area contributed by atoms with Crippen LogP contribution < -0.4 is 25.2 Å². The molecule has 190 valence electrons. The molecule has 4 aromatic rings. The fraction of sp³-hybridized carbons (Fsp3) is 0.185. The Balaban J connectivity index is 1.54. The van der Waals surface area contributed by atoms with Crippen molar-refractivity contribution in [3.63, 3.8) is 0 Å². The molecule has 0 fully saturated rings. The second-order valence-electron chi connectivity index (χ2n) is 8.39. The number of nitrogens with one attached hydrogen (secondary N) is 1. The van der Waals surface area contributed by atoms with E-state index in [9.17, 15) is 14.7 Å². The maximum Gasteiger partial charge on any atom is 0.343 e. The number of hydrogen-bond acceptors (Lipinski definition) is 7. The van der Waals surface area contributed by atoms with Gasteiger partial charge in [0.05, 0.1) is 28.1 Å². The first-order valence-corrected chi connectivity index (χ1v) is 12.0. The number of carbonyl (C=O) groups is 1. The molecular weight excluding hydrogens is 521 g/mol. The Bertz CT molecular complexity index is 1570. The van der Waals surface area contributed by atoms with Crippen molar-refractivity contribution in [3.05, 3.63) is 91.8 Å². The standard InChI is InChI=1S/C27H21Cl2NO7/c1-34-21-9-15(10-22-26(21)36-13-35-22)17(11-23(31)30-12-14-6-7-18(28)19(29)8-14)24-25(32)16-4-2-3-5-20(16)37-27(24)33/h2-10,17,32H,11-13H2,1H3,(H,30,31)/t17-/m1/s1. The number of fused-ring (bicyclic) bond motifs is 2. The first-order valence-electron chi connectivity index (χ1n) is 11.3. The third kappa shape index (κ3) is 4.90. The lowest BCUT2D eigenvalue weighted by Gasteiger charge is -2.20. The molecule has 0 radical (unpaired) electrons. The molecule has 0 bridgehead atoms. The SMILES string of the molecule is COc1cc([C@@H](CC(=O)NCc2ccc(Cl)c(Cl)c2)c2c(O)c3ccccc3oc2=O)cc2c1OCO2. The minimum absolute atomic E-state index is 0.00726. The summed E-state index contributed by atoms with van der Waals surface area (Å²) in [5.41, 5.74) is 0.681. The number of benzene rings is 3. The molecular formula is C27H21Cl2NO7. The molecule has 10 heteroatoms. The monoisotopic (exact) mass is 541 g/mol. The number of rotatable bonds is 7. The second-order valence-corrected chi connectivity index (χ2v) is 9.20. The van der Waals surface area contributed by atoms with E-state index in [0.29, 0.717) is 38.2 Å². The summed E-state index contributed by atoms with van der Waals surface area (Å²) in [6, 6.07) is 15.0. The number of halogens is 2. The van der Waals surface area contributed by atoms with Crippen molar-refractivity contribution in [2.45, 2.75) is 18.9 Å². The van der Waals surface area contributed by atoms with Crippen LogP contribution in [0.25, 0.3) is 11.0 Å². The number of ether oxygens (including phenoxy) is 3. The van der Waals surface area contributed by atoms with Gasteiger partial charge in [0.2, 0.25) is 18.4 Å². The van der Waals surface area contributed by atoms with Gasteiger partial charge in [0.25, 0.3) is 0 Å². The molecule has 1 aliphatic heterocycles.